The van der Waals surface area contributed by atoms with Crippen molar-refractivity contribution in [2.45, 2.75) is 23.3 Å². The van der Waals surface area contributed by atoms with Gasteiger partial charge in [-0.15, -0.1) is 0 Å². The number of benzene rings is 1. The summed E-state index contributed by atoms with van der Waals surface area (Å²) in [7, 11) is 0. The number of aromatic nitrogens is 2. The fourth-order valence-electron chi connectivity index (χ4n) is 1.49. The summed E-state index contributed by atoms with van der Waals surface area (Å²) in [6.45, 7) is 2.89. The van der Waals surface area contributed by atoms with Crippen LogP contribution >= 0.6 is 11.8 Å². The average molecular weight is 278 g/mol. The SMILES string of the molecule is CCCNc1cc(Sc2cccc(F)c2)nc(N)n1. The fourth-order valence-corrected chi connectivity index (χ4v) is 2.36. The molecule has 1 aromatic heterocycles. The van der Waals surface area contributed by atoms with Crippen molar-refractivity contribution in [3.05, 3.63) is 36.1 Å². The lowest BCUT2D eigenvalue weighted by atomic mass is 10.4. The number of nitrogens with two attached hydrogens (primary N) is 1. The number of nitrogens with one attached hydrogen (secondary N) is 1. The van der Waals surface area contributed by atoms with Gasteiger partial charge in [0.05, 0.1) is 0 Å². The van der Waals surface area contributed by atoms with Crippen molar-refractivity contribution >= 4 is 23.5 Å². The number of hydrogen-bond acceptors (Lipinski definition) is 5. The number of rotatable bonds is 5. The maximum absolute atomic E-state index is 13.1. The van der Waals surface area contributed by atoms with Crippen molar-refractivity contribution in [2.24, 2.45) is 0 Å². The van der Waals surface area contributed by atoms with E-state index in [0.29, 0.717) is 10.8 Å². The zero-order valence-electron chi connectivity index (χ0n) is 10.6. The Labute approximate surface area is 115 Å². The Morgan fingerprint density at radius 1 is 1.32 bits per heavy atom. The summed E-state index contributed by atoms with van der Waals surface area (Å²) < 4.78 is 13.1. The molecule has 0 atom stereocenters. The van der Waals surface area contributed by atoms with E-state index in [2.05, 4.69) is 22.2 Å². The molecule has 19 heavy (non-hydrogen) atoms. The molecule has 4 nitrogen and oxygen atoms in total. The highest BCUT2D eigenvalue weighted by Gasteiger charge is 2.05. The lowest BCUT2D eigenvalue weighted by Crippen LogP contribution is -2.05. The van der Waals surface area contributed by atoms with Gasteiger partial charge in [0.25, 0.3) is 0 Å². The number of halogens is 1. The van der Waals surface area contributed by atoms with E-state index in [1.165, 1.54) is 23.9 Å². The van der Waals surface area contributed by atoms with E-state index in [4.69, 9.17) is 5.73 Å². The molecule has 0 bridgehead atoms. The Hall–Kier alpha value is -1.82. The lowest BCUT2D eigenvalue weighted by molar-refractivity contribution is 0.624. The monoisotopic (exact) mass is 278 g/mol. The third kappa shape index (κ3) is 4.10. The van der Waals surface area contributed by atoms with E-state index < -0.39 is 0 Å². The third-order valence-corrected chi connectivity index (χ3v) is 3.20. The van der Waals surface area contributed by atoms with Gasteiger partial charge >= 0.3 is 0 Å². The molecule has 0 aliphatic carbocycles. The predicted molar refractivity (Wildman–Crippen MR) is 75.7 cm³/mol. The summed E-state index contributed by atoms with van der Waals surface area (Å²) in [5.74, 6) is 0.629. The predicted octanol–water partition coefficient (Wildman–Crippen LogP) is 3.17. The molecule has 0 radical (unpaired) electrons. The quantitative estimate of drug-likeness (QED) is 0.822. The second kappa shape index (κ2) is 6.38. The molecule has 100 valence electrons. The molecule has 0 saturated carbocycles. The highest BCUT2D eigenvalue weighted by Crippen LogP contribution is 2.28. The first-order valence-corrected chi connectivity index (χ1v) is 6.81. The number of anilines is 2. The second-order valence-electron chi connectivity index (χ2n) is 3.94. The average Bonchev–Trinajstić information content (AvgIpc) is 2.35. The minimum Gasteiger partial charge on any atom is -0.370 e. The normalized spacial score (nSPS) is 10.4. The van der Waals surface area contributed by atoms with Crippen LogP contribution in [-0.2, 0) is 0 Å². The first-order chi connectivity index (χ1) is 9.17. The van der Waals surface area contributed by atoms with Gasteiger partial charge < -0.3 is 11.1 Å². The van der Waals surface area contributed by atoms with Gasteiger partial charge in [-0.25, -0.2) is 9.37 Å². The minimum absolute atomic E-state index is 0.208. The molecule has 2 aromatic rings. The van der Waals surface area contributed by atoms with Gasteiger partial charge in [-0.05, 0) is 24.6 Å². The summed E-state index contributed by atoms with van der Waals surface area (Å²) in [5, 5.41) is 3.85. The summed E-state index contributed by atoms with van der Waals surface area (Å²) >= 11 is 1.35. The van der Waals surface area contributed by atoms with Crippen molar-refractivity contribution in [1.29, 1.82) is 0 Å². The smallest absolute Gasteiger partial charge is 0.223 e. The van der Waals surface area contributed by atoms with Crippen LogP contribution in [-0.4, -0.2) is 16.5 Å². The van der Waals surface area contributed by atoms with Crippen LogP contribution in [0.1, 0.15) is 13.3 Å². The minimum atomic E-state index is -0.267. The van der Waals surface area contributed by atoms with Crippen LogP contribution in [0.25, 0.3) is 0 Å². The molecule has 6 heteroatoms. The molecule has 1 heterocycles. The van der Waals surface area contributed by atoms with Gasteiger partial charge in [0, 0.05) is 17.5 Å². The van der Waals surface area contributed by atoms with Gasteiger partial charge in [-0.3, -0.25) is 0 Å². The van der Waals surface area contributed by atoms with E-state index in [0.717, 1.165) is 17.9 Å². The number of hydrogen-bond donors (Lipinski definition) is 2. The molecule has 0 unspecified atom stereocenters. The topological polar surface area (TPSA) is 63.8 Å². The van der Waals surface area contributed by atoms with Crippen LogP contribution in [0.3, 0.4) is 0 Å². The van der Waals surface area contributed by atoms with Crippen LogP contribution in [0.15, 0.2) is 40.3 Å². The van der Waals surface area contributed by atoms with Crippen molar-refractivity contribution in [3.8, 4) is 0 Å². The molecular weight excluding hydrogens is 263 g/mol. The van der Waals surface area contributed by atoms with Crippen molar-refractivity contribution < 1.29 is 4.39 Å². The molecule has 0 aliphatic heterocycles. The van der Waals surface area contributed by atoms with E-state index in [1.807, 2.05) is 12.1 Å². The van der Waals surface area contributed by atoms with Crippen molar-refractivity contribution in [1.82, 2.24) is 9.97 Å². The van der Waals surface area contributed by atoms with Crippen LogP contribution in [0.4, 0.5) is 16.2 Å². The Balaban J connectivity index is 2.17. The van der Waals surface area contributed by atoms with Crippen LogP contribution in [0, 0.1) is 5.82 Å². The molecule has 3 N–H and O–H groups in total. The van der Waals surface area contributed by atoms with E-state index in [1.54, 1.807) is 6.07 Å². The first kappa shape index (κ1) is 13.6. The third-order valence-electron chi connectivity index (χ3n) is 2.29. The molecule has 2 rings (SSSR count). The first-order valence-electron chi connectivity index (χ1n) is 5.99. The molecule has 0 aliphatic rings. The molecule has 0 saturated heterocycles. The molecule has 0 amide bonds. The fraction of sp³-hybridized carbons (Fsp3) is 0.231. The van der Waals surface area contributed by atoms with Gasteiger partial charge in [0.15, 0.2) is 0 Å². The second-order valence-corrected chi connectivity index (χ2v) is 5.03. The van der Waals surface area contributed by atoms with E-state index >= 15 is 0 Å². The van der Waals surface area contributed by atoms with Gasteiger partial charge in [0.2, 0.25) is 5.95 Å². The summed E-state index contributed by atoms with van der Waals surface area (Å²) in [4.78, 5) is 9.01. The van der Waals surface area contributed by atoms with Crippen molar-refractivity contribution in [2.75, 3.05) is 17.6 Å². The summed E-state index contributed by atoms with van der Waals surface area (Å²) in [5.41, 5.74) is 5.67. The highest BCUT2D eigenvalue weighted by atomic mass is 32.2. The Morgan fingerprint density at radius 3 is 2.89 bits per heavy atom. The highest BCUT2D eigenvalue weighted by molar-refractivity contribution is 7.99. The zero-order chi connectivity index (χ0) is 13.7. The van der Waals surface area contributed by atoms with Crippen molar-refractivity contribution in [3.63, 3.8) is 0 Å². The Kier molecular flexibility index (Phi) is 4.57. The summed E-state index contributed by atoms with van der Waals surface area (Å²) in [6.07, 6.45) is 0.996. The largest absolute Gasteiger partial charge is 0.370 e. The van der Waals surface area contributed by atoms with Crippen LogP contribution in [0.2, 0.25) is 0 Å². The van der Waals surface area contributed by atoms with Crippen LogP contribution < -0.4 is 11.1 Å². The van der Waals surface area contributed by atoms with Gasteiger partial charge in [0.1, 0.15) is 16.7 Å². The Bertz CT molecular complexity index is 562. The zero-order valence-corrected chi connectivity index (χ0v) is 11.4. The molecule has 1 aromatic carbocycles. The molecular formula is C13H15FN4S. The standard InChI is InChI=1S/C13H15FN4S/c1-2-6-16-11-8-12(18-13(15)17-11)19-10-5-3-4-9(14)7-10/h3-5,7-8H,2,6H2,1H3,(H3,15,16,17,18). The maximum atomic E-state index is 13.1. The molecule has 0 fully saturated rings. The molecule has 0 spiro atoms. The van der Waals surface area contributed by atoms with E-state index in [9.17, 15) is 4.39 Å². The number of nitrogen functional groups attached to an aromatic ring is 1. The summed E-state index contributed by atoms with van der Waals surface area (Å²) in [6, 6.07) is 8.17. The van der Waals surface area contributed by atoms with Crippen LogP contribution in [0.5, 0.6) is 0 Å². The lowest BCUT2D eigenvalue weighted by Gasteiger charge is -2.07. The van der Waals surface area contributed by atoms with Gasteiger partial charge in [-0.1, -0.05) is 24.8 Å². The van der Waals surface area contributed by atoms with E-state index in [-0.39, 0.29) is 11.8 Å². The number of nitrogens with zero attached hydrogens (tertiary/aromatic N) is 2. The Morgan fingerprint density at radius 2 is 2.16 bits per heavy atom. The maximum Gasteiger partial charge on any atom is 0.223 e. The van der Waals surface area contributed by atoms with Gasteiger partial charge in [-0.2, -0.15) is 4.98 Å².